The third-order valence-electron chi connectivity index (χ3n) is 0.950. The number of aliphatic imine (C=N–C) groups is 1. The van der Waals surface area contributed by atoms with Crippen molar-refractivity contribution in [1.82, 2.24) is 0 Å². The molecule has 0 aromatic rings. The molecule has 0 amide bonds. The molecule has 3 heteroatoms. The Balaban J connectivity index is 2.69. The maximum atomic E-state index is 5.61. The lowest BCUT2D eigenvalue weighted by Crippen LogP contribution is -2.12. The standard InChI is InChI=1S/C5H7ClN2/c6-4-1-2-8-5(7)3-4/h3H,1-2H2,(H2,7,8). The normalized spacial score (nSPS) is 19.6. The van der Waals surface area contributed by atoms with Crippen LogP contribution in [-0.2, 0) is 0 Å². The van der Waals surface area contributed by atoms with Gasteiger partial charge in [-0.3, -0.25) is 4.99 Å². The molecule has 1 aliphatic heterocycles. The highest BCUT2D eigenvalue weighted by Crippen LogP contribution is 2.09. The van der Waals surface area contributed by atoms with E-state index in [-0.39, 0.29) is 0 Å². The van der Waals surface area contributed by atoms with E-state index >= 15 is 0 Å². The van der Waals surface area contributed by atoms with Crippen molar-refractivity contribution >= 4 is 17.4 Å². The summed E-state index contributed by atoms with van der Waals surface area (Å²) in [6.07, 6.45) is 2.52. The van der Waals surface area contributed by atoms with Crippen LogP contribution in [0.3, 0.4) is 0 Å². The Kier molecular flexibility index (Phi) is 1.53. The molecule has 8 heavy (non-hydrogen) atoms. The zero-order chi connectivity index (χ0) is 5.98. The van der Waals surface area contributed by atoms with Crippen LogP contribution in [0.25, 0.3) is 0 Å². The first-order valence-electron chi connectivity index (χ1n) is 2.45. The van der Waals surface area contributed by atoms with Crippen molar-refractivity contribution in [1.29, 1.82) is 0 Å². The molecule has 0 fully saturated rings. The van der Waals surface area contributed by atoms with Crippen molar-refractivity contribution in [2.75, 3.05) is 6.54 Å². The molecule has 0 atom stereocenters. The van der Waals surface area contributed by atoms with Crippen LogP contribution in [0.5, 0.6) is 0 Å². The summed E-state index contributed by atoms with van der Waals surface area (Å²) in [5, 5.41) is 0.803. The summed E-state index contributed by atoms with van der Waals surface area (Å²) in [6.45, 7) is 0.737. The Morgan fingerprint density at radius 1 is 1.75 bits per heavy atom. The van der Waals surface area contributed by atoms with Crippen LogP contribution in [0.4, 0.5) is 0 Å². The molecule has 0 aliphatic carbocycles. The molecule has 2 nitrogen and oxygen atoms in total. The topological polar surface area (TPSA) is 38.4 Å². The SMILES string of the molecule is NC1=NCCC(Cl)=C1. The van der Waals surface area contributed by atoms with E-state index in [9.17, 15) is 0 Å². The number of nitrogens with zero attached hydrogens (tertiary/aromatic N) is 1. The second kappa shape index (κ2) is 2.18. The Bertz CT molecular complexity index is 149. The highest BCUT2D eigenvalue weighted by molar-refractivity contribution is 6.31. The lowest BCUT2D eigenvalue weighted by Gasteiger charge is -2.02. The molecule has 2 N–H and O–H groups in total. The minimum absolute atomic E-state index is 0.543. The van der Waals surface area contributed by atoms with Gasteiger partial charge >= 0.3 is 0 Å². The number of nitrogens with two attached hydrogens (primary N) is 1. The van der Waals surface area contributed by atoms with Gasteiger partial charge in [-0.1, -0.05) is 11.6 Å². The summed E-state index contributed by atoms with van der Waals surface area (Å²) in [5.74, 6) is 0.543. The molecule has 44 valence electrons. The molecule has 0 radical (unpaired) electrons. The van der Waals surface area contributed by atoms with E-state index in [1.54, 1.807) is 6.08 Å². The molecule has 1 rings (SSSR count). The van der Waals surface area contributed by atoms with E-state index in [0.717, 1.165) is 18.0 Å². The fraction of sp³-hybridized carbons (Fsp3) is 0.400. The monoisotopic (exact) mass is 130 g/mol. The van der Waals surface area contributed by atoms with E-state index in [0.29, 0.717) is 5.84 Å². The van der Waals surface area contributed by atoms with Gasteiger partial charge in [0.1, 0.15) is 5.84 Å². The first kappa shape index (κ1) is 5.63. The molecule has 0 saturated carbocycles. The quantitative estimate of drug-likeness (QED) is 0.519. The molecule has 0 spiro atoms. The fourth-order valence-electron chi connectivity index (χ4n) is 0.570. The minimum atomic E-state index is 0.543. The largest absolute Gasteiger partial charge is 0.384 e. The molecule has 0 unspecified atom stereocenters. The molecule has 1 heterocycles. The van der Waals surface area contributed by atoms with Crippen molar-refractivity contribution in [2.45, 2.75) is 6.42 Å². The second-order valence-corrected chi connectivity index (χ2v) is 2.13. The lowest BCUT2D eigenvalue weighted by atomic mass is 10.3. The van der Waals surface area contributed by atoms with Gasteiger partial charge in [-0.2, -0.15) is 0 Å². The van der Waals surface area contributed by atoms with Gasteiger partial charge in [0.25, 0.3) is 0 Å². The number of halogens is 1. The molecule has 0 aromatic heterocycles. The van der Waals surface area contributed by atoms with Gasteiger partial charge in [-0.05, 0) is 6.08 Å². The maximum absolute atomic E-state index is 5.61. The van der Waals surface area contributed by atoms with Crippen LogP contribution < -0.4 is 5.73 Å². The first-order chi connectivity index (χ1) is 3.79. The summed E-state index contributed by atoms with van der Waals surface area (Å²) in [5.41, 5.74) is 5.31. The van der Waals surface area contributed by atoms with E-state index in [1.165, 1.54) is 0 Å². The van der Waals surface area contributed by atoms with E-state index in [4.69, 9.17) is 17.3 Å². The molecule has 0 saturated heterocycles. The number of amidine groups is 1. The van der Waals surface area contributed by atoms with E-state index < -0.39 is 0 Å². The summed E-state index contributed by atoms with van der Waals surface area (Å²) < 4.78 is 0. The van der Waals surface area contributed by atoms with E-state index in [2.05, 4.69) is 4.99 Å². The second-order valence-electron chi connectivity index (χ2n) is 1.65. The highest BCUT2D eigenvalue weighted by Gasteiger charge is 1.98. The van der Waals surface area contributed by atoms with Gasteiger partial charge in [-0.25, -0.2) is 0 Å². The highest BCUT2D eigenvalue weighted by atomic mass is 35.5. The average Bonchev–Trinajstić information content (AvgIpc) is 1.64. The molecule has 1 aliphatic rings. The van der Waals surface area contributed by atoms with Gasteiger partial charge in [0, 0.05) is 18.0 Å². The van der Waals surface area contributed by atoms with Crippen molar-refractivity contribution in [3.8, 4) is 0 Å². The van der Waals surface area contributed by atoms with Crippen molar-refractivity contribution in [3.05, 3.63) is 11.1 Å². The minimum Gasteiger partial charge on any atom is -0.384 e. The van der Waals surface area contributed by atoms with Gasteiger partial charge in [0.15, 0.2) is 0 Å². The first-order valence-corrected chi connectivity index (χ1v) is 2.83. The van der Waals surface area contributed by atoms with Crippen molar-refractivity contribution in [2.24, 2.45) is 10.7 Å². The number of dihydropyridines is 1. The predicted molar refractivity (Wildman–Crippen MR) is 35.0 cm³/mol. The summed E-state index contributed by atoms with van der Waals surface area (Å²) >= 11 is 5.61. The lowest BCUT2D eigenvalue weighted by molar-refractivity contribution is 0.974. The fourth-order valence-corrected chi connectivity index (χ4v) is 0.766. The van der Waals surface area contributed by atoms with Crippen molar-refractivity contribution in [3.63, 3.8) is 0 Å². The molecular weight excluding hydrogens is 124 g/mol. The Morgan fingerprint density at radius 2 is 2.50 bits per heavy atom. The van der Waals surface area contributed by atoms with Crippen LogP contribution >= 0.6 is 11.6 Å². The average molecular weight is 131 g/mol. The van der Waals surface area contributed by atoms with Crippen LogP contribution in [-0.4, -0.2) is 12.4 Å². The zero-order valence-electron chi connectivity index (χ0n) is 4.39. The molecule has 0 bridgehead atoms. The van der Waals surface area contributed by atoms with E-state index in [1.807, 2.05) is 0 Å². The predicted octanol–water partition coefficient (Wildman–Crippen LogP) is 0.870. The third kappa shape index (κ3) is 1.23. The summed E-state index contributed by atoms with van der Waals surface area (Å²) in [6, 6.07) is 0. The Morgan fingerprint density at radius 3 is 2.88 bits per heavy atom. The van der Waals surface area contributed by atoms with Gasteiger partial charge in [-0.15, -0.1) is 0 Å². The Labute approximate surface area is 53.0 Å². The third-order valence-corrected chi connectivity index (χ3v) is 1.25. The molecule has 0 aromatic carbocycles. The van der Waals surface area contributed by atoms with Gasteiger partial charge in [0.2, 0.25) is 0 Å². The number of hydrogen-bond donors (Lipinski definition) is 1. The smallest absolute Gasteiger partial charge is 0.119 e. The maximum Gasteiger partial charge on any atom is 0.119 e. The van der Waals surface area contributed by atoms with Crippen LogP contribution in [0.2, 0.25) is 0 Å². The van der Waals surface area contributed by atoms with Crippen LogP contribution in [0.1, 0.15) is 6.42 Å². The van der Waals surface area contributed by atoms with Crippen LogP contribution in [0.15, 0.2) is 16.1 Å². The number of rotatable bonds is 0. The van der Waals surface area contributed by atoms with Gasteiger partial charge < -0.3 is 5.73 Å². The summed E-state index contributed by atoms with van der Waals surface area (Å²) in [7, 11) is 0. The Hall–Kier alpha value is -0.500. The zero-order valence-corrected chi connectivity index (χ0v) is 5.15. The van der Waals surface area contributed by atoms with Crippen LogP contribution in [0, 0.1) is 0 Å². The number of hydrogen-bond acceptors (Lipinski definition) is 2. The molecular formula is C5H7ClN2. The summed E-state index contributed by atoms with van der Waals surface area (Å²) in [4.78, 5) is 3.91. The van der Waals surface area contributed by atoms with Crippen molar-refractivity contribution < 1.29 is 0 Å². The van der Waals surface area contributed by atoms with Gasteiger partial charge in [0.05, 0.1) is 0 Å².